The van der Waals surface area contributed by atoms with Gasteiger partial charge in [-0.1, -0.05) is 36.4 Å². The molecule has 0 saturated heterocycles. The smallest absolute Gasteiger partial charge is 0.239 e. The summed E-state index contributed by atoms with van der Waals surface area (Å²) >= 11 is 0. The number of nitrogens with one attached hydrogen (secondary N) is 1. The Morgan fingerprint density at radius 2 is 1.70 bits per heavy atom. The Balaban J connectivity index is 2.03. The Morgan fingerprint density at radius 3 is 2.35 bits per heavy atom. The molecule has 0 aliphatic rings. The molecule has 0 atom stereocenters. The van der Waals surface area contributed by atoms with Gasteiger partial charge in [0, 0.05) is 5.69 Å². The van der Waals surface area contributed by atoms with Gasteiger partial charge in [-0.2, -0.15) is 0 Å². The lowest BCUT2D eigenvalue weighted by atomic mass is 10.1. The summed E-state index contributed by atoms with van der Waals surface area (Å²) in [4.78, 5) is 22.6. The molecule has 0 aliphatic heterocycles. The summed E-state index contributed by atoms with van der Waals surface area (Å²) in [6.07, 6.45) is 0. The Labute approximate surface area is 133 Å². The number of benzene rings is 2. The third-order valence-electron chi connectivity index (χ3n) is 2.96. The molecular formula is C16H14NO5S-. The number of carbonyl (C=O) groups is 2. The summed E-state index contributed by atoms with van der Waals surface area (Å²) in [7, 11) is -3.72. The van der Waals surface area contributed by atoms with E-state index in [0.717, 1.165) is 0 Å². The maximum Gasteiger partial charge on any atom is 0.239 e. The van der Waals surface area contributed by atoms with E-state index in [1.165, 1.54) is 24.3 Å². The largest absolute Gasteiger partial charge is 0.545 e. The minimum absolute atomic E-state index is 0.105. The number of carboxylic acids is 1. The molecule has 0 saturated carbocycles. The number of hydrogen-bond acceptors (Lipinski definition) is 5. The number of hydrogen-bond donors (Lipinski definition) is 1. The SMILES string of the molecule is O=C(CS(=O)(=O)Cc1cccc(C(=O)[O-])c1)Nc1ccccc1. The van der Waals surface area contributed by atoms with Gasteiger partial charge >= 0.3 is 0 Å². The number of amides is 1. The van der Waals surface area contributed by atoms with Crippen LogP contribution in [-0.2, 0) is 20.4 Å². The molecule has 0 heterocycles. The minimum Gasteiger partial charge on any atom is -0.545 e. The van der Waals surface area contributed by atoms with Crippen molar-refractivity contribution >= 4 is 27.4 Å². The van der Waals surface area contributed by atoms with Crippen LogP contribution < -0.4 is 10.4 Å². The van der Waals surface area contributed by atoms with E-state index in [1.807, 2.05) is 0 Å². The van der Waals surface area contributed by atoms with E-state index in [2.05, 4.69) is 5.32 Å². The highest BCUT2D eigenvalue weighted by atomic mass is 32.2. The average Bonchev–Trinajstić information content (AvgIpc) is 2.47. The molecule has 1 amide bonds. The van der Waals surface area contributed by atoms with Crippen molar-refractivity contribution < 1.29 is 23.1 Å². The molecule has 0 spiro atoms. The van der Waals surface area contributed by atoms with Crippen LogP contribution in [0.1, 0.15) is 15.9 Å². The first kappa shape index (κ1) is 16.7. The minimum atomic E-state index is -3.72. The van der Waals surface area contributed by atoms with E-state index in [4.69, 9.17) is 0 Å². The summed E-state index contributed by atoms with van der Waals surface area (Å²) in [5.41, 5.74) is 0.692. The highest BCUT2D eigenvalue weighted by Crippen LogP contribution is 2.11. The van der Waals surface area contributed by atoms with Crippen LogP contribution in [0.25, 0.3) is 0 Å². The van der Waals surface area contributed by atoms with Gasteiger partial charge in [-0.3, -0.25) is 4.79 Å². The van der Waals surface area contributed by atoms with Crippen molar-refractivity contribution in [2.75, 3.05) is 11.1 Å². The topological polar surface area (TPSA) is 103 Å². The fourth-order valence-electron chi connectivity index (χ4n) is 2.01. The molecule has 0 bridgehead atoms. The van der Waals surface area contributed by atoms with Crippen LogP contribution in [0.15, 0.2) is 54.6 Å². The van der Waals surface area contributed by atoms with Gasteiger partial charge < -0.3 is 15.2 Å². The zero-order chi connectivity index (χ0) is 16.9. The van der Waals surface area contributed by atoms with E-state index < -0.39 is 33.2 Å². The summed E-state index contributed by atoms with van der Waals surface area (Å²) < 4.78 is 24.1. The first-order valence-corrected chi connectivity index (χ1v) is 8.53. The van der Waals surface area contributed by atoms with Crippen LogP contribution in [0, 0.1) is 0 Å². The Bertz CT molecular complexity index is 815. The quantitative estimate of drug-likeness (QED) is 0.834. The van der Waals surface area contributed by atoms with E-state index >= 15 is 0 Å². The lowest BCUT2D eigenvalue weighted by Gasteiger charge is -2.08. The molecule has 120 valence electrons. The van der Waals surface area contributed by atoms with Crippen LogP contribution >= 0.6 is 0 Å². The molecule has 2 aromatic rings. The number of aromatic carboxylic acids is 1. The van der Waals surface area contributed by atoms with Crippen LogP contribution in [0.2, 0.25) is 0 Å². The van der Waals surface area contributed by atoms with E-state index in [9.17, 15) is 23.1 Å². The molecule has 23 heavy (non-hydrogen) atoms. The van der Waals surface area contributed by atoms with Crippen LogP contribution in [0.5, 0.6) is 0 Å². The third-order valence-corrected chi connectivity index (χ3v) is 4.43. The van der Waals surface area contributed by atoms with E-state index in [-0.39, 0.29) is 5.56 Å². The van der Waals surface area contributed by atoms with Crippen molar-refractivity contribution in [3.63, 3.8) is 0 Å². The molecule has 0 aromatic heterocycles. The number of sulfone groups is 1. The standard InChI is InChI=1S/C16H15NO5S/c18-15(17-14-7-2-1-3-8-14)11-23(21,22)10-12-5-4-6-13(9-12)16(19)20/h1-9H,10-11H2,(H,17,18)(H,19,20)/p-1. The molecule has 0 unspecified atom stereocenters. The normalized spacial score (nSPS) is 11.0. The predicted molar refractivity (Wildman–Crippen MR) is 83.3 cm³/mol. The van der Waals surface area contributed by atoms with Crippen molar-refractivity contribution in [3.05, 3.63) is 65.7 Å². The van der Waals surface area contributed by atoms with Gasteiger partial charge in [0.05, 0.1) is 11.7 Å². The summed E-state index contributed by atoms with van der Waals surface area (Å²) in [6.45, 7) is 0. The summed E-state index contributed by atoms with van der Waals surface area (Å²) in [6, 6.07) is 14.0. The van der Waals surface area contributed by atoms with Gasteiger partial charge in [0.1, 0.15) is 5.75 Å². The molecule has 0 aliphatic carbocycles. The second-order valence-electron chi connectivity index (χ2n) is 4.93. The fraction of sp³-hybridized carbons (Fsp3) is 0.125. The molecule has 2 aromatic carbocycles. The molecule has 1 N–H and O–H groups in total. The van der Waals surface area contributed by atoms with E-state index in [0.29, 0.717) is 11.3 Å². The fourth-order valence-corrected chi connectivity index (χ4v) is 3.27. The molecule has 0 radical (unpaired) electrons. The number of rotatable bonds is 6. The maximum absolute atomic E-state index is 12.1. The van der Waals surface area contributed by atoms with Gasteiger partial charge in [0.2, 0.25) is 5.91 Å². The van der Waals surface area contributed by atoms with Crippen molar-refractivity contribution in [1.82, 2.24) is 0 Å². The van der Waals surface area contributed by atoms with Gasteiger partial charge in [0.15, 0.2) is 9.84 Å². The summed E-state index contributed by atoms with van der Waals surface area (Å²) in [5.74, 6) is -3.13. The highest BCUT2D eigenvalue weighted by Gasteiger charge is 2.17. The van der Waals surface area contributed by atoms with Crippen LogP contribution in [0.4, 0.5) is 5.69 Å². The monoisotopic (exact) mass is 332 g/mol. The third kappa shape index (κ3) is 5.23. The van der Waals surface area contributed by atoms with Crippen molar-refractivity contribution in [2.24, 2.45) is 0 Å². The van der Waals surface area contributed by atoms with E-state index in [1.54, 1.807) is 30.3 Å². The van der Waals surface area contributed by atoms with Crippen molar-refractivity contribution in [2.45, 2.75) is 5.75 Å². The number of carboxylic acid groups (broad SMARTS) is 1. The number of para-hydroxylation sites is 1. The molecule has 2 rings (SSSR count). The Kier molecular flexibility index (Phi) is 5.13. The molecule has 6 nitrogen and oxygen atoms in total. The average molecular weight is 332 g/mol. The van der Waals surface area contributed by atoms with Gasteiger partial charge in [-0.25, -0.2) is 8.42 Å². The maximum atomic E-state index is 12.1. The van der Waals surface area contributed by atoms with Crippen LogP contribution in [-0.4, -0.2) is 26.0 Å². The molecular weight excluding hydrogens is 318 g/mol. The lowest BCUT2D eigenvalue weighted by molar-refractivity contribution is -0.255. The zero-order valence-electron chi connectivity index (χ0n) is 12.1. The number of carbonyl (C=O) groups excluding carboxylic acids is 2. The Hall–Kier alpha value is -2.67. The van der Waals surface area contributed by atoms with Gasteiger partial charge in [-0.15, -0.1) is 0 Å². The van der Waals surface area contributed by atoms with Crippen molar-refractivity contribution in [3.8, 4) is 0 Å². The summed E-state index contributed by atoms with van der Waals surface area (Å²) in [5, 5.41) is 13.3. The molecule has 7 heteroatoms. The second kappa shape index (κ2) is 7.06. The number of anilines is 1. The van der Waals surface area contributed by atoms with Gasteiger partial charge in [-0.05, 0) is 29.3 Å². The first-order valence-electron chi connectivity index (χ1n) is 6.71. The lowest BCUT2D eigenvalue weighted by Crippen LogP contribution is -2.24. The predicted octanol–water partition coefficient (Wildman–Crippen LogP) is 0.604. The van der Waals surface area contributed by atoms with Gasteiger partial charge in [0.25, 0.3) is 0 Å². The highest BCUT2D eigenvalue weighted by molar-refractivity contribution is 7.91. The zero-order valence-corrected chi connectivity index (χ0v) is 12.9. The molecule has 0 fully saturated rings. The Morgan fingerprint density at radius 1 is 1.00 bits per heavy atom. The second-order valence-corrected chi connectivity index (χ2v) is 7.00. The van der Waals surface area contributed by atoms with Crippen LogP contribution in [0.3, 0.4) is 0 Å². The van der Waals surface area contributed by atoms with Crippen molar-refractivity contribution in [1.29, 1.82) is 0 Å². The first-order chi connectivity index (χ1) is 10.9.